The second-order valence-corrected chi connectivity index (χ2v) is 4.93. The molecule has 1 aromatic rings. The SMILES string of the molecule is CC1(C)CN(C(=O)c2cc([N+](=O)[O-])[nH]n2)CCN1. The average molecular weight is 253 g/mol. The zero-order valence-corrected chi connectivity index (χ0v) is 10.3. The van der Waals surface area contributed by atoms with Crippen LogP contribution in [0.1, 0.15) is 24.3 Å². The number of nitrogens with zero attached hydrogens (tertiary/aromatic N) is 3. The van der Waals surface area contributed by atoms with Crippen LogP contribution >= 0.6 is 0 Å². The summed E-state index contributed by atoms with van der Waals surface area (Å²) in [5.41, 5.74) is -0.0738. The largest absolute Gasteiger partial charge is 0.358 e. The van der Waals surface area contributed by atoms with Gasteiger partial charge in [0.05, 0.1) is 6.07 Å². The maximum atomic E-state index is 12.1. The molecule has 0 radical (unpaired) electrons. The first-order chi connectivity index (χ1) is 8.39. The molecule has 1 aromatic heterocycles. The molecule has 2 heterocycles. The Bertz CT molecular complexity index is 482. The molecule has 2 rings (SSSR count). The van der Waals surface area contributed by atoms with Gasteiger partial charge in [0.25, 0.3) is 5.91 Å². The minimum absolute atomic E-state index is 0.0828. The number of amides is 1. The first-order valence-electron chi connectivity index (χ1n) is 5.63. The van der Waals surface area contributed by atoms with Crippen molar-refractivity contribution < 1.29 is 9.72 Å². The minimum Gasteiger partial charge on any atom is -0.358 e. The molecule has 0 saturated carbocycles. The topological polar surface area (TPSA) is 104 Å². The van der Waals surface area contributed by atoms with E-state index in [1.54, 1.807) is 4.90 Å². The lowest BCUT2D eigenvalue weighted by Crippen LogP contribution is -2.58. The van der Waals surface area contributed by atoms with Crippen LogP contribution in [0.3, 0.4) is 0 Å². The highest BCUT2D eigenvalue weighted by Crippen LogP contribution is 2.15. The molecule has 1 amide bonds. The summed E-state index contributed by atoms with van der Waals surface area (Å²) in [5.74, 6) is -0.554. The highest BCUT2D eigenvalue weighted by molar-refractivity contribution is 5.92. The zero-order chi connectivity index (χ0) is 13.3. The number of nitrogens with one attached hydrogen (secondary N) is 2. The summed E-state index contributed by atoms with van der Waals surface area (Å²) in [4.78, 5) is 23.7. The number of rotatable bonds is 2. The Morgan fingerprint density at radius 3 is 2.89 bits per heavy atom. The highest BCUT2D eigenvalue weighted by Gasteiger charge is 2.30. The summed E-state index contributed by atoms with van der Waals surface area (Å²) in [6, 6.07) is 1.16. The molecule has 1 aliphatic heterocycles. The summed E-state index contributed by atoms with van der Waals surface area (Å²) in [7, 11) is 0. The highest BCUT2D eigenvalue weighted by atomic mass is 16.6. The molecule has 0 atom stereocenters. The number of piperazine rings is 1. The van der Waals surface area contributed by atoms with Crippen LogP contribution in [0.5, 0.6) is 0 Å². The molecular formula is C10H15N5O3. The maximum Gasteiger partial charge on any atom is 0.343 e. The Morgan fingerprint density at radius 2 is 2.33 bits per heavy atom. The van der Waals surface area contributed by atoms with Gasteiger partial charge in [-0.05, 0) is 18.8 Å². The van der Waals surface area contributed by atoms with Gasteiger partial charge in [0.15, 0.2) is 5.69 Å². The predicted octanol–water partition coefficient (Wildman–Crippen LogP) is 0.142. The molecule has 8 nitrogen and oxygen atoms in total. The van der Waals surface area contributed by atoms with Crippen LogP contribution in [0.25, 0.3) is 0 Å². The standard InChI is InChI=1S/C10H15N5O3/c1-10(2)6-14(4-3-11-10)9(16)7-5-8(13-12-7)15(17)18/h5,11H,3-4,6H2,1-2H3,(H,12,13). The molecule has 98 valence electrons. The van der Waals surface area contributed by atoms with Crippen LogP contribution in [0.2, 0.25) is 0 Å². The number of carbonyl (C=O) groups excluding carboxylic acids is 1. The Kier molecular flexibility index (Phi) is 3.04. The average Bonchev–Trinajstić information content (AvgIpc) is 2.76. The molecule has 1 aliphatic rings. The number of H-pyrrole nitrogens is 1. The second-order valence-electron chi connectivity index (χ2n) is 4.93. The van der Waals surface area contributed by atoms with Gasteiger partial charge in [-0.1, -0.05) is 5.10 Å². The summed E-state index contributed by atoms with van der Waals surface area (Å²) in [5, 5.41) is 19.7. The summed E-state index contributed by atoms with van der Waals surface area (Å²) < 4.78 is 0. The van der Waals surface area contributed by atoms with Gasteiger partial charge < -0.3 is 20.3 Å². The molecule has 0 aliphatic carbocycles. The predicted molar refractivity (Wildman–Crippen MR) is 63.2 cm³/mol. The maximum absolute atomic E-state index is 12.1. The van der Waals surface area contributed by atoms with Gasteiger partial charge in [-0.15, -0.1) is 5.10 Å². The van der Waals surface area contributed by atoms with Crippen molar-refractivity contribution in [2.75, 3.05) is 19.6 Å². The van der Waals surface area contributed by atoms with Gasteiger partial charge in [-0.3, -0.25) is 4.79 Å². The van der Waals surface area contributed by atoms with Gasteiger partial charge in [-0.2, -0.15) is 0 Å². The van der Waals surface area contributed by atoms with E-state index in [9.17, 15) is 14.9 Å². The van der Waals surface area contributed by atoms with Crippen LogP contribution in [0.15, 0.2) is 6.07 Å². The second kappa shape index (κ2) is 4.37. The third kappa shape index (κ3) is 2.48. The fourth-order valence-electron chi connectivity index (χ4n) is 1.99. The molecule has 1 fully saturated rings. The Labute approximate surface area is 104 Å². The fraction of sp³-hybridized carbons (Fsp3) is 0.600. The van der Waals surface area contributed by atoms with E-state index in [4.69, 9.17) is 0 Å². The monoisotopic (exact) mass is 253 g/mol. The van der Waals surface area contributed by atoms with E-state index >= 15 is 0 Å². The number of carbonyl (C=O) groups is 1. The van der Waals surface area contributed by atoms with Crippen molar-refractivity contribution in [3.63, 3.8) is 0 Å². The molecular weight excluding hydrogens is 238 g/mol. The van der Waals surface area contributed by atoms with Crippen molar-refractivity contribution in [1.29, 1.82) is 0 Å². The summed E-state index contributed by atoms with van der Waals surface area (Å²) in [6.07, 6.45) is 0. The van der Waals surface area contributed by atoms with Crippen molar-refractivity contribution in [2.24, 2.45) is 0 Å². The van der Waals surface area contributed by atoms with Crippen LogP contribution in [0.4, 0.5) is 5.82 Å². The smallest absolute Gasteiger partial charge is 0.343 e. The van der Waals surface area contributed by atoms with Crippen molar-refractivity contribution in [2.45, 2.75) is 19.4 Å². The molecule has 2 N–H and O–H groups in total. The van der Waals surface area contributed by atoms with Crippen molar-refractivity contribution in [1.82, 2.24) is 20.4 Å². The van der Waals surface area contributed by atoms with E-state index in [0.717, 1.165) is 6.07 Å². The van der Waals surface area contributed by atoms with E-state index in [1.165, 1.54) is 0 Å². The number of hydrogen-bond donors (Lipinski definition) is 2. The zero-order valence-electron chi connectivity index (χ0n) is 10.3. The van der Waals surface area contributed by atoms with Gasteiger partial charge in [0, 0.05) is 25.2 Å². The van der Waals surface area contributed by atoms with Gasteiger partial charge in [0.2, 0.25) is 0 Å². The molecule has 0 aromatic carbocycles. The van der Waals surface area contributed by atoms with Crippen LogP contribution < -0.4 is 5.32 Å². The molecule has 0 unspecified atom stereocenters. The van der Waals surface area contributed by atoms with Crippen LogP contribution in [0, 0.1) is 10.1 Å². The third-order valence-electron chi connectivity index (χ3n) is 2.84. The van der Waals surface area contributed by atoms with E-state index in [-0.39, 0.29) is 23.0 Å². The molecule has 0 spiro atoms. The van der Waals surface area contributed by atoms with Gasteiger partial charge in [-0.25, -0.2) is 0 Å². The van der Waals surface area contributed by atoms with Crippen molar-refractivity contribution >= 4 is 11.7 Å². The van der Waals surface area contributed by atoms with E-state index in [2.05, 4.69) is 15.5 Å². The molecule has 1 saturated heterocycles. The van der Waals surface area contributed by atoms with Gasteiger partial charge in [0.1, 0.15) is 0 Å². The number of aromatic nitrogens is 2. The van der Waals surface area contributed by atoms with E-state index in [0.29, 0.717) is 19.6 Å². The van der Waals surface area contributed by atoms with Crippen molar-refractivity contribution in [3.8, 4) is 0 Å². The van der Waals surface area contributed by atoms with E-state index in [1.807, 2.05) is 13.8 Å². The third-order valence-corrected chi connectivity index (χ3v) is 2.84. The number of aromatic amines is 1. The Hall–Kier alpha value is -1.96. The summed E-state index contributed by atoms with van der Waals surface area (Å²) in [6.45, 7) is 5.82. The summed E-state index contributed by atoms with van der Waals surface area (Å²) >= 11 is 0. The first kappa shape index (κ1) is 12.5. The first-order valence-corrected chi connectivity index (χ1v) is 5.63. The number of hydrogen-bond acceptors (Lipinski definition) is 5. The Balaban J connectivity index is 2.13. The van der Waals surface area contributed by atoms with Crippen molar-refractivity contribution in [3.05, 3.63) is 21.9 Å². The lowest BCUT2D eigenvalue weighted by Gasteiger charge is -2.38. The normalized spacial score (nSPS) is 18.7. The molecule has 8 heteroatoms. The lowest BCUT2D eigenvalue weighted by atomic mass is 10.0. The molecule has 18 heavy (non-hydrogen) atoms. The van der Waals surface area contributed by atoms with Crippen LogP contribution in [-0.2, 0) is 0 Å². The fourth-order valence-corrected chi connectivity index (χ4v) is 1.99. The Morgan fingerprint density at radius 1 is 1.61 bits per heavy atom. The quantitative estimate of drug-likeness (QED) is 0.576. The van der Waals surface area contributed by atoms with Gasteiger partial charge >= 0.3 is 5.82 Å². The van der Waals surface area contributed by atoms with Crippen LogP contribution in [-0.4, -0.2) is 51.1 Å². The minimum atomic E-state index is -0.606. The number of nitro groups is 1. The molecule has 0 bridgehead atoms. The van der Waals surface area contributed by atoms with E-state index < -0.39 is 4.92 Å². The lowest BCUT2D eigenvalue weighted by molar-refractivity contribution is -0.389.